The largest absolute Gasteiger partial charge is 0.472 e. The Hall–Kier alpha value is -1.58. The van der Waals surface area contributed by atoms with Gasteiger partial charge in [-0.25, -0.2) is 4.39 Å². The van der Waals surface area contributed by atoms with E-state index in [-0.39, 0.29) is 24.1 Å². The van der Waals surface area contributed by atoms with E-state index < -0.39 is 12.1 Å². The number of hydrazine groups is 2. The minimum atomic E-state index is -4.97. The molecule has 10 heteroatoms. The maximum absolute atomic E-state index is 13.9. The number of nitrogens with one attached hydrogen (secondary N) is 4. The Kier molecular flexibility index (Phi) is 7.04. The molecule has 1 heterocycles. The lowest BCUT2D eigenvalue weighted by Crippen LogP contribution is -2.47. The highest BCUT2D eigenvalue weighted by Gasteiger charge is 2.38. The summed E-state index contributed by atoms with van der Waals surface area (Å²) in [6.07, 6.45) is -3.39. The van der Waals surface area contributed by atoms with Gasteiger partial charge in [-0.3, -0.25) is 10.2 Å². The van der Waals surface area contributed by atoms with Crippen LogP contribution in [0.4, 0.5) is 23.2 Å². The number of benzene rings is 1. The van der Waals surface area contributed by atoms with Gasteiger partial charge >= 0.3 is 12.1 Å². The molecule has 1 fully saturated rings. The van der Waals surface area contributed by atoms with Crippen molar-refractivity contribution in [2.24, 2.45) is 0 Å². The summed E-state index contributed by atoms with van der Waals surface area (Å²) in [6.45, 7) is 1.59. The fourth-order valence-corrected chi connectivity index (χ4v) is 2.30. The first-order valence-corrected chi connectivity index (χ1v) is 6.76. The number of piperidine rings is 1. The van der Waals surface area contributed by atoms with Crippen LogP contribution in [-0.2, 0) is 4.79 Å². The third-order valence-electron chi connectivity index (χ3n) is 3.42. The fraction of sp³-hybridized carbons (Fsp3) is 0.462. The number of hydrogen-bond acceptors (Lipinski definition) is 4. The summed E-state index contributed by atoms with van der Waals surface area (Å²) in [5, 5.41) is 3.17. The smallest absolute Gasteiger partial charge is 0.317 e. The second kappa shape index (κ2) is 8.32. The summed E-state index contributed by atoms with van der Waals surface area (Å²) in [4.78, 5) is 10.6. The third-order valence-corrected chi connectivity index (χ3v) is 3.42. The van der Waals surface area contributed by atoms with Gasteiger partial charge < -0.3 is 10.7 Å². The van der Waals surface area contributed by atoms with E-state index in [2.05, 4.69) is 10.7 Å². The van der Waals surface area contributed by atoms with E-state index in [9.17, 15) is 22.4 Å². The molecule has 0 radical (unpaired) electrons. The molecule has 1 aromatic carbocycles. The summed E-state index contributed by atoms with van der Waals surface area (Å²) >= 11 is 0. The van der Waals surface area contributed by atoms with Gasteiger partial charge in [-0.1, -0.05) is 0 Å². The zero-order valence-electron chi connectivity index (χ0n) is 12.0. The van der Waals surface area contributed by atoms with Crippen molar-refractivity contribution in [3.05, 3.63) is 29.6 Å². The molecular weight excluding hydrogens is 340 g/mol. The first-order valence-electron chi connectivity index (χ1n) is 6.76. The second-order valence-electron chi connectivity index (χ2n) is 4.96. The molecule has 4 N–H and O–H groups in total. The lowest BCUT2D eigenvalue weighted by Gasteiger charge is -2.24. The summed E-state index contributed by atoms with van der Waals surface area (Å²) < 4.78 is 49.9. The predicted molar refractivity (Wildman–Crippen MR) is 79.4 cm³/mol. The molecule has 0 spiro atoms. The van der Waals surface area contributed by atoms with Crippen LogP contribution in [0.1, 0.15) is 24.3 Å². The molecule has 1 amide bonds. The van der Waals surface area contributed by atoms with E-state index in [1.807, 2.05) is 5.53 Å². The molecule has 0 saturated carbocycles. The molecule has 0 unspecified atom stereocenters. The zero-order valence-corrected chi connectivity index (χ0v) is 12.8. The van der Waals surface area contributed by atoms with E-state index in [4.69, 9.17) is 0 Å². The van der Waals surface area contributed by atoms with Crippen LogP contribution in [0, 0.1) is 5.82 Å². The summed E-state index contributed by atoms with van der Waals surface area (Å²) in [7, 11) is 0. The Balaban J connectivity index is 0.00000264. The van der Waals surface area contributed by atoms with Crippen LogP contribution in [0.25, 0.3) is 0 Å². The first-order chi connectivity index (χ1) is 10.4. The van der Waals surface area contributed by atoms with Crippen LogP contribution in [0.15, 0.2) is 18.2 Å². The number of carbonyl (C=O) groups is 1. The maximum Gasteiger partial charge on any atom is 0.472 e. The predicted octanol–water partition coefficient (Wildman–Crippen LogP) is 2.22. The van der Waals surface area contributed by atoms with Crippen LogP contribution < -0.4 is 21.7 Å². The molecule has 0 aliphatic carbocycles. The van der Waals surface area contributed by atoms with Crippen molar-refractivity contribution in [3.8, 4) is 0 Å². The standard InChI is InChI=1S/C13H16F4N4O.ClH/c14-11-2-1-9(19-21-20-12(22)13(15,16)17)7-10(11)8-3-5-18-6-4-8;/h1-2,7-8,18-19,21H,3-6H2,(H,20,22);1H. The van der Waals surface area contributed by atoms with Crippen molar-refractivity contribution < 1.29 is 22.4 Å². The summed E-state index contributed by atoms with van der Waals surface area (Å²) in [5.41, 5.74) is 6.67. The van der Waals surface area contributed by atoms with Crippen molar-refractivity contribution in [1.29, 1.82) is 0 Å². The second-order valence-corrected chi connectivity index (χ2v) is 4.96. The molecule has 1 aromatic rings. The number of halogens is 5. The Labute approximate surface area is 136 Å². The van der Waals surface area contributed by atoms with Crippen molar-refractivity contribution in [3.63, 3.8) is 0 Å². The van der Waals surface area contributed by atoms with Crippen LogP contribution >= 0.6 is 12.4 Å². The molecule has 0 aromatic heterocycles. The first kappa shape index (κ1) is 19.5. The van der Waals surface area contributed by atoms with Gasteiger partial charge in [0.05, 0.1) is 5.69 Å². The van der Waals surface area contributed by atoms with Gasteiger partial charge in [-0.05, 0) is 55.6 Å². The van der Waals surface area contributed by atoms with E-state index >= 15 is 0 Å². The Morgan fingerprint density at radius 1 is 1.22 bits per heavy atom. The van der Waals surface area contributed by atoms with Crippen LogP contribution in [0.5, 0.6) is 0 Å². The number of carbonyl (C=O) groups excluding carboxylic acids is 1. The number of anilines is 1. The molecule has 1 aliphatic rings. The van der Waals surface area contributed by atoms with Crippen molar-refractivity contribution in [2.75, 3.05) is 18.5 Å². The summed E-state index contributed by atoms with van der Waals surface area (Å²) in [5.74, 6) is -2.41. The van der Waals surface area contributed by atoms with Crippen molar-refractivity contribution >= 4 is 24.0 Å². The lowest BCUT2D eigenvalue weighted by molar-refractivity contribution is -0.174. The number of hydrogen-bond donors (Lipinski definition) is 4. The fourth-order valence-electron chi connectivity index (χ4n) is 2.30. The Morgan fingerprint density at radius 3 is 2.48 bits per heavy atom. The Morgan fingerprint density at radius 2 is 1.87 bits per heavy atom. The summed E-state index contributed by atoms with van der Waals surface area (Å²) in [6, 6.07) is 4.14. The molecule has 2 rings (SSSR count). The highest BCUT2D eigenvalue weighted by molar-refractivity contribution is 5.85. The van der Waals surface area contributed by atoms with Gasteiger partial charge in [0.25, 0.3) is 0 Å². The van der Waals surface area contributed by atoms with Gasteiger partial charge in [0, 0.05) is 0 Å². The minimum Gasteiger partial charge on any atom is -0.317 e. The zero-order chi connectivity index (χ0) is 16.2. The number of rotatable bonds is 4. The number of amides is 1. The maximum atomic E-state index is 13.9. The van der Waals surface area contributed by atoms with E-state index in [1.165, 1.54) is 23.6 Å². The van der Waals surface area contributed by atoms with Crippen LogP contribution in [-0.4, -0.2) is 25.2 Å². The highest BCUT2D eigenvalue weighted by atomic mass is 35.5. The monoisotopic (exact) mass is 356 g/mol. The van der Waals surface area contributed by atoms with Gasteiger partial charge in [-0.2, -0.15) is 13.2 Å². The average Bonchev–Trinajstić information content (AvgIpc) is 2.48. The molecule has 0 bridgehead atoms. The molecule has 23 heavy (non-hydrogen) atoms. The van der Waals surface area contributed by atoms with Crippen LogP contribution in [0.2, 0.25) is 0 Å². The molecule has 130 valence electrons. The van der Waals surface area contributed by atoms with Crippen molar-refractivity contribution in [1.82, 2.24) is 16.3 Å². The van der Waals surface area contributed by atoms with E-state index in [1.54, 1.807) is 0 Å². The number of alkyl halides is 3. The van der Waals surface area contributed by atoms with Gasteiger partial charge in [0.1, 0.15) is 5.82 Å². The van der Waals surface area contributed by atoms with E-state index in [0.717, 1.165) is 25.9 Å². The average molecular weight is 357 g/mol. The van der Waals surface area contributed by atoms with Gasteiger partial charge in [0.15, 0.2) is 0 Å². The van der Waals surface area contributed by atoms with Gasteiger partial charge in [0.2, 0.25) is 0 Å². The quantitative estimate of drug-likeness (QED) is 0.493. The molecular formula is C13H17ClF4N4O. The molecule has 0 atom stereocenters. The third kappa shape index (κ3) is 5.52. The minimum absolute atomic E-state index is 0. The van der Waals surface area contributed by atoms with E-state index in [0.29, 0.717) is 11.3 Å². The van der Waals surface area contributed by atoms with Gasteiger partial charge in [-0.15, -0.1) is 17.9 Å². The lowest BCUT2D eigenvalue weighted by atomic mass is 9.89. The topological polar surface area (TPSA) is 65.2 Å². The normalized spacial score (nSPS) is 15.7. The van der Waals surface area contributed by atoms with Crippen molar-refractivity contribution in [2.45, 2.75) is 24.9 Å². The SMILES string of the molecule is Cl.O=C(NNNc1ccc(F)c(C2CCNCC2)c1)C(F)(F)F. The Bertz CT molecular complexity index is 535. The van der Waals surface area contributed by atoms with Crippen LogP contribution in [0.3, 0.4) is 0 Å². The molecule has 5 nitrogen and oxygen atoms in total. The highest BCUT2D eigenvalue weighted by Crippen LogP contribution is 2.29. The molecule has 1 saturated heterocycles. The molecule has 1 aliphatic heterocycles.